The van der Waals surface area contributed by atoms with E-state index < -0.39 is 12.2 Å². The molecule has 19 heavy (non-hydrogen) atoms. The van der Waals surface area contributed by atoms with Crippen molar-refractivity contribution in [1.29, 1.82) is 0 Å². The summed E-state index contributed by atoms with van der Waals surface area (Å²) in [4.78, 5) is 11.7. The lowest BCUT2D eigenvalue weighted by Gasteiger charge is -2.36. The minimum atomic E-state index is -0.720. The Labute approximate surface area is 113 Å². The molecule has 0 aromatic carbocycles. The second-order valence-electron chi connectivity index (χ2n) is 6.85. The zero-order chi connectivity index (χ0) is 13.9. The minimum Gasteiger partial charge on any atom is -0.458 e. The lowest BCUT2D eigenvalue weighted by Crippen LogP contribution is -2.38. The third-order valence-electron chi connectivity index (χ3n) is 5.75. The molecule has 2 aliphatic carbocycles. The number of carbonyl (C=O) groups excluding carboxylic acids is 1. The zero-order valence-electron chi connectivity index (χ0n) is 11.5. The van der Waals surface area contributed by atoms with Crippen LogP contribution in [0.2, 0.25) is 0 Å². The molecule has 7 atom stereocenters. The van der Waals surface area contributed by atoms with Crippen molar-refractivity contribution in [1.82, 2.24) is 0 Å². The van der Waals surface area contributed by atoms with E-state index in [4.69, 9.17) is 4.74 Å². The van der Waals surface area contributed by atoms with Crippen LogP contribution >= 0.6 is 0 Å². The molecule has 2 N–H and O–H groups in total. The van der Waals surface area contributed by atoms with Crippen LogP contribution < -0.4 is 0 Å². The summed E-state index contributed by atoms with van der Waals surface area (Å²) < 4.78 is 5.42. The largest absolute Gasteiger partial charge is 0.458 e. The van der Waals surface area contributed by atoms with Gasteiger partial charge in [0, 0.05) is 11.5 Å². The Balaban J connectivity index is 1.97. The SMILES string of the molecule is C=C1C(=O)O[C@H]2C[C@@H](C)C3C[C@@H](O)[C@@H](O)[C@]3(C)C[C@@H]12. The molecular formula is C15H22O4. The summed E-state index contributed by atoms with van der Waals surface area (Å²) in [6.07, 6.45) is 0.646. The summed E-state index contributed by atoms with van der Waals surface area (Å²) >= 11 is 0. The van der Waals surface area contributed by atoms with Crippen LogP contribution in [-0.2, 0) is 9.53 Å². The Bertz CT molecular complexity index is 432. The van der Waals surface area contributed by atoms with Crippen molar-refractivity contribution in [3.63, 3.8) is 0 Å². The minimum absolute atomic E-state index is 0.00935. The maximum Gasteiger partial charge on any atom is 0.334 e. The number of fused-ring (bicyclic) bond motifs is 2. The maximum absolute atomic E-state index is 11.7. The van der Waals surface area contributed by atoms with Gasteiger partial charge in [-0.1, -0.05) is 20.4 Å². The van der Waals surface area contributed by atoms with E-state index in [9.17, 15) is 15.0 Å². The Kier molecular flexibility index (Phi) is 2.81. The van der Waals surface area contributed by atoms with Crippen LogP contribution in [0.4, 0.5) is 0 Å². The van der Waals surface area contributed by atoms with Crippen molar-refractivity contribution >= 4 is 5.97 Å². The molecule has 1 saturated heterocycles. The predicted molar refractivity (Wildman–Crippen MR) is 69.1 cm³/mol. The molecule has 0 radical (unpaired) electrons. The molecular weight excluding hydrogens is 244 g/mol. The normalized spacial score (nSPS) is 53.5. The third kappa shape index (κ3) is 1.69. The molecule has 3 rings (SSSR count). The van der Waals surface area contributed by atoms with E-state index in [1.165, 1.54) is 0 Å². The molecule has 2 saturated carbocycles. The van der Waals surface area contributed by atoms with Crippen LogP contribution in [0.25, 0.3) is 0 Å². The molecule has 1 unspecified atom stereocenters. The average molecular weight is 266 g/mol. The van der Waals surface area contributed by atoms with E-state index in [1.807, 2.05) is 6.92 Å². The molecule has 3 aliphatic rings. The number of aliphatic hydroxyl groups is 2. The molecule has 0 amide bonds. The summed E-state index contributed by atoms with van der Waals surface area (Å²) in [5.74, 6) is 0.294. The van der Waals surface area contributed by atoms with Gasteiger partial charge < -0.3 is 14.9 Å². The summed E-state index contributed by atoms with van der Waals surface area (Å²) in [6, 6.07) is 0. The molecule has 106 valence electrons. The van der Waals surface area contributed by atoms with Gasteiger partial charge in [0.05, 0.1) is 12.2 Å². The lowest BCUT2D eigenvalue weighted by molar-refractivity contribution is -0.139. The van der Waals surface area contributed by atoms with Gasteiger partial charge in [0.2, 0.25) is 0 Å². The van der Waals surface area contributed by atoms with E-state index in [2.05, 4.69) is 13.5 Å². The fourth-order valence-corrected chi connectivity index (χ4v) is 4.61. The van der Waals surface area contributed by atoms with Crippen molar-refractivity contribution in [2.45, 2.75) is 51.4 Å². The average Bonchev–Trinajstić information content (AvgIpc) is 2.68. The first kappa shape index (κ1) is 13.1. The lowest BCUT2D eigenvalue weighted by atomic mass is 9.69. The second kappa shape index (κ2) is 4.06. The fourth-order valence-electron chi connectivity index (χ4n) is 4.61. The van der Waals surface area contributed by atoms with E-state index in [-0.39, 0.29) is 29.3 Å². The van der Waals surface area contributed by atoms with Gasteiger partial charge in [-0.15, -0.1) is 0 Å². The Hall–Kier alpha value is -0.870. The van der Waals surface area contributed by atoms with Crippen molar-refractivity contribution in [2.75, 3.05) is 0 Å². The predicted octanol–water partition coefficient (Wildman–Crippen LogP) is 1.26. The van der Waals surface area contributed by atoms with Gasteiger partial charge in [-0.3, -0.25) is 0 Å². The summed E-state index contributed by atoms with van der Waals surface area (Å²) in [5.41, 5.74) is 0.183. The summed E-state index contributed by atoms with van der Waals surface area (Å²) in [5, 5.41) is 20.4. The molecule has 4 heteroatoms. The number of carbonyl (C=O) groups is 1. The Morgan fingerprint density at radius 3 is 2.74 bits per heavy atom. The summed E-state index contributed by atoms with van der Waals surface area (Å²) in [6.45, 7) is 8.02. The molecule has 0 aromatic rings. The van der Waals surface area contributed by atoms with Crippen molar-refractivity contribution in [2.24, 2.45) is 23.2 Å². The zero-order valence-corrected chi connectivity index (χ0v) is 11.5. The topological polar surface area (TPSA) is 66.8 Å². The van der Waals surface area contributed by atoms with E-state index in [0.717, 1.165) is 6.42 Å². The van der Waals surface area contributed by atoms with Crippen LogP contribution in [0.3, 0.4) is 0 Å². The van der Waals surface area contributed by atoms with Crippen LogP contribution in [-0.4, -0.2) is 34.5 Å². The smallest absolute Gasteiger partial charge is 0.334 e. The van der Waals surface area contributed by atoms with Crippen LogP contribution in [0.15, 0.2) is 12.2 Å². The van der Waals surface area contributed by atoms with Gasteiger partial charge in [-0.2, -0.15) is 0 Å². The van der Waals surface area contributed by atoms with Gasteiger partial charge in [0.25, 0.3) is 0 Å². The molecule has 0 spiro atoms. The van der Waals surface area contributed by atoms with Crippen molar-refractivity contribution in [3.05, 3.63) is 12.2 Å². The third-order valence-corrected chi connectivity index (χ3v) is 5.75. The Morgan fingerprint density at radius 2 is 2.05 bits per heavy atom. The highest BCUT2D eigenvalue weighted by atomic mass is 16.6. The standard InChI is InChI=1S/C15H22O4/c1-7-4-12-9(8(2)14(18)19-12)6-15(3)10(7)5-11(16)13(15)17/h7,9-13,16-17H,2,4-6H2,1,3H3/t7-,9+,10?,11-,12+,13-,15-/m1/s1. The number of aliphatic hydroxyl groups excluding tert-OH is 2. The summed E-state index contributed by atoms with van der Waals surface area (Å²) in [7, 11) is 0. The fraction of sp³-hybridized carbons (Fsp3) is 0.800. The highest BCUT2D eigenvalue weighted by Crippen LogP contribution is 2.56. The quantitative estimate of drug-likeness (QED) is 0.512. The van der Waals surface area contributed by atoms with Crippen LogP contribution in [0.1, 0.15) is 33.1 Å². The highest BCUT2D eigenvalue weighted by molar-refractivity contribution is 5.90. The molecule has 0 aromatic heterocycles. The van der Waals surface area contributed by atoms with Crippen LogP contribution in [0.5, 0.6) is 0 Å². The Morgan fingerprint density at radius 1 is 1.37 bits per heavy atom. The van der Waals surface area contributed by atoms with Gasteiger partial charge in [-0.25, -0.2) is 4.79 Å². The van der Waals surface area contributed by atoms with E-state index in [0.29, 0.717) is 24.3 Å². The first-order valence-corrected chi connectivity index (χ1v) is 7.10. The maximum atomic E-state index is 11.7. The highest BCUT2D eigenvalue weighted by Gasteiger charge is 2.58. The van der Waals surface area contributed by atoms with Gasteiger partial charge in [0.1, 0.15) is 6.10 Å². The molecule has 4 nitrogen and oxygen atoms in total. The van der Waals surface area contributed by atoms with Crippen molar-refractivity contribution < 1.29 is 19.7 Å². The first-order chi connectivity index (χ1) is 8.84. The van der Waals surface area contributed by atoms with E-state index in [1.54, 1.807) is 0 Å². The number of esters is 1. The molecule has 3 fully saturated rings. The van der Waals surface area contributed by atoms with E-state index >= 15 is 0 Å². The first-order valence-electron chi connectivity index (χ1n) is 7.10. The van der Waals surface area contributed by atoms with Gasteiger partial charge in [0.15, 0.2) is 0 Å². The number of ether oxygens (including phenoxy) is 1. The monoisotopic (exact) mass is 266 g/mol. The second-order valence-corrected chi connectivity index (χ2v) is 6.85. The van der Waals surface area contributed by atoms with Gasteiger partial charge in [-0.05, 0) is 36.5 Å². The molecule has 1 heterocycles. The van der Waals surface area contributed by atoms with Crippen molar-refractivity contribution in [3.8, 4) is 0 Å². The number of hydrogen-bond acceptors (Lipinski definition) is 4. The van der Waals surface area contributed by atoms with Crippen LogP contribution in [0, 0.1) is 23.2 Å². The molecule has 1 aliphatic heterocycles. The number of hydrogen-bond donors (Lipinski definition) is 2. The number of rotatable bonds is 0. The molecule has 0 bridgehead atoms. The van der Waals surface area contributed by atoms with Gasteiger partial charge >= 0.3 is 5.97 Å².